The highest BCUT2D eigenvalue weighted by atomic mass is 32.1. The van der Waals surface area contributed by atoms with Crippen molar-refractivity contribution in [2.24, 2.45) is 0 Å². The minimum atomic E-state index is 0.0950. The summed E-state index contributed by atoms with van der Waals surface area (Å²) < 4.78 is 11.5. The minimum Gasteiger partial charge on any atom is -0.472 e. The Balaban J connectivity index is 1.45. The summed E-state index contributed by atoms with van der Waals surface area (Å²) in [4.78, 5) is 12.3. The molecule has 1 fully saturated rings. The van der Waals surface area contributed by atoms with Gasteiger partial charge in [-0.05, 0) is 52.2 Å². The van der Waals surface area contributed by atoms with E-state index in [1.54, 1.807) is 17.5 Å². The second kappa shape index (κ2) is 6.82. The monoisotopic (exact) mass is 424 g/mol. The molecule has 0 spiro atoms. The molecule has 0 amide bonds. The highest BCUT2D eigenvalue weighted by Gasteiger charge is 2.40. The number of aromatic nitrogens is 2. The molecule has 0 aliphatic carbocycles. The molecule has 30 heavy (non-hydrogen) atoms. The van der Waals surface area contributed by atoms with E-state index >= 15 is 0 Å². The first-order chi connectivity index (χ1) is 14.2. The third kappa shape index (κ3) is 3.50. The fourth-order valence-electron chi connectivity index (χ4n) is 5.01. The number of nitrogens with one attached hydrogen (secondary N) is 1. The molecule has 0 saturated carbocycles. The topological polar surface area (TPSA) is 63.4 Å². The number of hydrogen-bond acceptors (Lipinski definition) is 7. The number of rotatable bonds is 3. The van der Waals surface area contributed by atoms with Gasteiger partial charge in [-0.25, -0.2) is 4.98 Å². The molecule has 1 N–H and O–H groups in total. The van der Waals surface area contributed by atoms with E-state index in [2.05, 4.69) is 68.1 Å². The number of ether oxygens (including phenoxy) is 1. The summed E-state index contributed by atoms with van der Waals surface area (Å²) >= 11 is 1.72. The third-order valence-electron chi connectivity index (χ3n) is 6.03. The van der Waals surface area contributed by atoms with E-state index in [9.17, 15) is 0 Å². The van der Waals surface area contributed by atoms with Crippen molar-refractivity contribution in [2.75, 3.05) is 11.9 Å². The van der Waals surface area contributed by atoms with Crippen molar-refractivity contribution in [3.05, 3.63) is 36.4 Å². The fraction of sp³-hybridized carbons (Fsp3) is 0.478. The molecule has 6 nitrogen and oxygen atoms in total. The zero-order valence-electron chi connectivity index (χ0n) is 18.2. The van der Waals surface area contributed by atoms with E-state index in [0.717, 1.165) is 45.6 Å². The van der Waals surface area contributed by atoms with Gasteiger partial charge in [0.1, 0.15) is 11.5 Å². The second-order valence-electron chi connectivity index (χ2n) is 9.72. The lowest BCUT2D eigenvalue weighted by Crippen LogP contribution is -2.61. The Morgan fingerprint density at radius 3 is 2.63 bits per heavy atom. The predicted molar refractivity (Wildman–Crippen MR) is 120 cm³/mol. The van der Waals surface area contributed by atoms with E-state index < -0.39 is 0 Å². The van der Waals surface area contributed by atoms with Crippen LogP contribution in [0.1, 0.15) is 46.1 Å². The van der Waals surface area contributed by atoms with Crippen LogP contribution in [0, 0.1) is 0 Å². The number of nitrogens with zero attached hydrogens (tertiary/aromatic N) is 3. The molecule has 0 atom stereocenters. The van der Waals surface area contributed by atoms with Crippen molar-refractivity contribution < 1.29 is 9.15 Å². The first-order valence-electron chi connectivity index (χ1n) is 10.4. The number of benzene rings is 1. The summed E-state index contributed by atoms with van der Waals surface area (Å²) in [5.41, 5.74) is 3.55. The van der Waals surface area contributed by atoms with Gasteiger partial charge >= 0.3 is 0 Å². The lowest BCUT2D eigenvalue weighted by atomic mass is 9.79. The fourth-order valence-corrected chi connectivity index (χ4v) is 6.11. The Morgan fingerprint density at radius 1 is 1.17 bits per heavy atom. The first kappa shape index (κ1) is 19.6. The van der Waals surface area contributed by atoms with Gasteiger partial charge < -0.3 is 19.4 Å². The van der Waals surface area contributed by atoms with Crippen molar-refractivity contribution in [1.82, 2.24) is 15.3 Å². The van der Waals surface area contributed by atoms with Crippen molar-refractivity contribution >= 4 is 16.5 Å². The summed E-state index contributed by atoms with van der Waals surface area (Å²) in [6.45, 7) is 9.66. The minimum absolute atomic E-state index is 0.0950. The van der Waals surface area contributed by atoms with Gasteiger partial charge in [-0.3, -0.25) is 0 Å². The van der Waals surface area contributed by atoms with E-state index in [0.29, 0.717) is 12.6 Å². The first-order valence-corrected chi connectivity index (χ1v) is 11.2. The van der Waals surface area contributed by atoms with Gasteiger partial charge in [-0.1, -0.05) is 23.5 Å². The molecule has 0 bridgehead atoms. The number of thiazole rings is 1. The Kier molecular flexibility index (Phi) is 4.45. The van der Waals surface area contributed by atoms with Gasteiger partial charge in [-0.2, -0.15) is 4.98 Å². The van der Waals surface area contributed by atoms with Gasteiger partial charge in [-0.15, -0.1) is 0 Å². The standard InChI is InChI=1S/C23H28N4O2S/c1-22(2)9-16(10-23(3,4)26-22)27(5)21-25-20-19(30-21)17-7-6-14(8-15(17)12-28-20)18-11-24-13-29-18/h6-8,11,13,16,26H,9-10,12H2,1-5H3. The van der Waals surface area contributed by atoms with Crippen LogP contribution in [0.4, 0.5) is 5.13 Å². The summed E-state index contributed by atoms with van der Waals surface area (Å²) in [6, 6.07) is 6.78. The van der Waals surface area contributed by atoms with Crippen LogP contribution in [0.5, 0.6) is 5.88 Å². The molecule has 3 aromatic rings. The third-order valence-corrected chi connectivity index (χ3v) is 7.19. The Morgan fingerprint density at radius 2 is 1.93 bits per heavy atom. The molecule has 2 aliphatic heterocycles. The Hall–Kier alpha value is -2.38. The zero-order chi connectivity index (χ0) is 21.1. The highest BCUT2D eigenvalue weighted by Crippen LogP contribution is 2.46. The quantitative estimate of drug-likeness (QED) is 0.631. The number of oxazole rings is 1. The molecule has 2 aliphatic rings. The van der Waals surface area contributed by atoms with Crippen LogP contribution < -0.4 is 15.0 Å². The molecule has 1 saturated heterocycles. The number of hydrogen-bond donors (Lipinski definition) is 1. The maximum Gasteiger partial charge on any atom is 0.234 e. The SMILES string of the molecule is CN(c1nc2c(s1)-c1ccc(-c3cnco3)cc1CO2)C1CC(C)(C)NC(C)(C)C1. The van der Waals surface area contributed by atoms with Gasteiger partial charge in [0.05, 0.1) is 6.20 Å². The van der Waals surface area contributed by atoms with Gasteiger partial charge in [0, 0.05) is 35.3 Å². The summed E-state index contributed by atoms with van der Waals surface area (Å²) in [6.07, 6.45) is 5.35. The number of piperidine rings is 1. The van der Waals surface area contributed by atoms with Crippen LogP contribution in [0.25, 0.3) is 21.8 Å². The second-order valence-corrected chi connectivity index (χ2v) is 10.7. The largest absolute Gasteiger partial charge is 0.472 e. The van der Waals surface area contributed by atoms with Gasteiger partial charge in [0.15, 0.2) is 17.3 Å². The highest BCUT2D eigenvalue weighted by molar-refractivity contribution is 7.19. The van der Waals surface area contributed by atoms with Crippen LogP contribution in [0.3, 0.4) is 0 Å². The van der Waals surface area contributed by atoms with Crippen molar-refractivity contribution in [3.63, 3.8) is 0 Å². The zero-order valence-corrected chi connectivity index (χ0v) is 19.0. The lowest BCUT2D eigenvalue weighted by Gasteiger charge is -2.48. The van der Waals surface area contributed by atoms with E-state index in [1.165, 1.54) is 12.0 Å². The van der Waals surface area contributed by atoms with Crippen LogP contribution >= 0.6 is 11.3 Å². The molecule has 0 unspecified atom stereocenters. The smallest absolute Gasteiger partial charge is 0.234 e. The molecule has 4 heterocycles. The number of fused-ring (bicyclic) bond motifs is 3. The van der Waals surface area contributed by atoms with Crippen LogP contribution in [0.2, 0.25) is 0 Å². The van der Waals surface area contributed by atoms with Gasteiger partial charge in [0.25, 0.3) is 0 Å². The summed E-state index contributed by atoms with van der Waals surface area (Å²) in [5.74, 6) is 1.51. The van der Waals surface area contributed by atoms with Crippen molar-refractivity contribution in [1.29, 1.82) is 0 Å². The van der Waals surface area contributed by atoms with Crippen molar-refractivity contribution in [3.8, 4) is 27.6 Å². The molecular weight excluding hydrogens is 396 g/mol. The van der Waals surface area contributed by atoms with Crippen molar-refractivity contribution in [2.45, 2.75) is 64.3 Å². The Bertz CT molecular complexity index is 1060. The van der Waals surface area contributed by atoms with E-state index in [-0.39, 0.29) is 11.1 Å². The van der Waals surface area contributed by atoms with E-state index in [4.69, 9.17) is 14.1 Å². The maximum absolute atomic E-state index is 6.04. The van der Waals surface area contributed by atoms with Crippen LogP contribution in [0.15, 0.2) is 35.2 Å². The van der Waals surface area contributed by atoms with Crippen LogP contribution in [-0.4, -0.2) is 34.1 Å². The number of anilines is 1. The van der Waals surface area contributed by atoms with Crippen LogP contribution in [-0.2, 0) is 6.61 Å². The average Bonchev–Trinajstić information content (AvgIpc) is 3.34. The molecule has 1 aromatic carbocycles. The predicted octanol–water partition coefficient (Wildman–Crippen LogP) is 5.10. The molecule has 5 rings (SSSR count). The normalized spacial score (nSPS) is 19.6. The molecule has 7 heteroatoms. The lowest BCUT2D eigenvalue weighted by molar-refractivity contribution is 0.161. The Labute approximate surface area is 181 Å². The summed E-state index contributed by atoms with van der Waals surface area (Å²) in [7, 11) is 2.17. The molecular formula is C23H28N4O2S. The van der Waals surface area contributed by atoms with E-state index in [1.807, 2.05) is 0 Å². The summed E-state index contributed by atoms with van der Waals surface area (Å²) in [5, 5.41) is 4.79. The maximum atomic E-state index is 6.04. The molecule has 158 valence electrons. The molecule has 0 radical (unpaired) electrons. The van der Waals surface area contributed by atoms with Gasteiger partial charge in [0.2, 0.25) is 5.88 Å². The average molecular weight is 425 g/mol. The molecule has 2 aromatic heterocycles.